The molecular formula is C18H18N2O4. The van der Waals surface area contributed by atoms with Crippen molar-refractivity contribution >= 4 is 17.5 Å². The topological polar surface area (TPSA) is 82.8 Å². The molecule has 0 fully saturated rings. The van der Waals surface area contributed by atoms with Crippen LogP contribution in [0.2, 0.25) is 0 Å². The lowest BCUT2D eigenvalue weighted by Gasteiger charge is -2.22. The van der Waals surface area contributed by atoms with Gasteiger partial charge in [-0.25, -0.2) is 0 Å². The highest BCUT2D eigenvalue weighted by Crippen LogP contribution is 2.30. The fourth-order valence-corrected chi connectivity index (χ4v) is 2.64. The van der Waals surface area contributed by atoms with Crippen molar-refractivity contribution in [1.82, 2.24) is 10.2 Å². The molecule has 0 spiro atoms. The van der Waals surface area contributed by atoms with Gasteiger partial charge in [-0.05, 0) is 25.1 Å². The molecule has 2 heterocycles. The highest BCUT2D eigenvalue weighted by molar-refractivity contribution is 6.10. The van der Waals surface area contributed by atoms with E-state index in [1.807, 2.05) is 6.07 Å². The van der Waals surface area contributed by atoms with Gasteiger partial charge in [0.05, 0.1) is 12.8 Å². The summed E-state index contributed by atoms with van der Waals surface area (Å²) < 4.78 is 5.16. The fourth-order valence-electron chi connectivity index (χ4n) is 2.64. The maximum atomic E-state index is 12.4. The molecule has 124 valence electrons. The number of carbonyl (C=O) groups is 2. The number of hydrogen-bond acceptors (Lipinski definition) is 4. The van der Waals surface area contributed by atoms with E-state index in [9.17, 15) is 14.7 Å². The second kappa shape index (κ2) is 5.98. The Balaban J connectivity index is 1.62. The van der Waals surface area contributed by atoms with Crippen LogP contribution in [0, 0.1) is 0 Å². The normalized spacial score (nSPS) is 16.0. The Morgan fingerprint density at radius 3 is 2.62 bits per heavy atom. The molecule has 6 heteroatoms. The van der Waals surface area contributed by atoms with E-state index in [1.54, 1.807) is 37.3 Å². The van der Waals surface area contributed by atoms with Crippen molar-refractivity contribution in [2.24, 2.45) is 0 Å². The number of rotatable bonds is 5. The van der Waals surface area contributed by atoms with Crippen molar-refractivity contribution in [1.29, 1.82) is 0 Å². The smallest absolute Gasteiger partial charge is 0.259 e. The first kappa shape index (κ1) is 16.0. The number of aliphatic hydroxyl groups is 1. The number of hydrogen-bond donors (Lipinski definition) is 2. The van der Waals surface area contributed by atoms with Crippen molar-refractivity contribution in [3.63, 3.8) is 0 Å². The summed E-state index contributed by atoms with van der Waals surface area (Å²) in [5, 5.41) is 12.9. The molecule has 24 heavy (non-hydrogen) atoms. The molecule has 3 rings (SSSR count). The Morgan fingerprint density at radius 2 is 2.00 bits per heavy atom. The third-order valence-corrected chi connectivity index (χ3v) is 4.02. The highest BCUT2D eigenvalue weighted by atomic mass is 16.4. The lowest BCUT2D eigenvalue weighted by Crippen LogP contribution is -2.43. The Hall–Kier alpha value is -2.86. The number of nitrogens with zero attached hydrogens (tertiary/aromatic N) is 1. The van der Waals surface area contributed by atoms with Gasteiger partial charge >= 0.3 is 0 Å². The van der Waals surface area contributed by atoms with Gasteiger partial charge in [0.15, 0.2) is 0 Å². The van der Waals surface area contributed by atoms with Gasteiger partial charge in [0.1, 0.15) is 17.9 Å². The van der Waals surface area contributed by atoms with Crippen molar-refractivity contribution in [2.75, 3.05) is 13.1 Å². The molecule has 0 saturated carbocycles. The molecule has 1 aromatic carbocycles. The van der Waals surface area contributed by atoms with Crippen LogP contribution in [0.25, 0.3) is 5.70 Å². The maximum absolute atomic E-state index is 12.4. The van der Waals surface area contributed by atoms with Crippen LogP contribution in [-0.2, 0) is 10.4 Å². The van der Waals surface area contributed by atoms with Crippen molar-refractivity contribution < 1.29 is 19.1 Å². The lowest BCUT2D eigenvalue weighted by atomic mass is 10.0. The zero-order chi connectivity index (χ0) is 17.3. The number of fused-ring (bicyclic) bond motifs is 1. The zero-order valence-corrected chi connectivity index (χ0v) is 13.3. The van der Waals surface area contributed by atoms with E-state index in [1.165, 1.54) is 11.2 Å². The molecule has 6 nitrogen and oxygen atoms in total. The average molecular weight is 326 g/mol. The molecule has 2 aromatic rings. The van der Waals surface area contributed by atoms with E-state index in [0.29, 0.717) is 17.0 Å². The summed E-state index contributed by atoms with van der Waals surface area (Å²) in [6.07, 6.45) is 1.45. The van der Waals surface area contributed by atoms with Gasteiger partial charge in [-0.3, -0.25) is 14.5 Å². The predicted molar refractivity (Wildman–Crippen MR) is 87.8 cm³/mol. The first-order chi connectivity index (χ1) is 11.4. The molecule has 0 saturated heterocycles. The first-order valence-electron chi connectivity index (χ1n) is 7.53. The van der Waals surface area contributed by atoms with Crippen LogP contribution < -0.4 is 5.32 Å². The molecule has 2 N–H and O–H groups in total. The van der Waals surface area contributed by atoms with Gasteiger partial charge in [0.2, 0.25) is 5.91 Å². The number of benzene rings is 1. The van der Waals surface area contributed by atoms with Crippen molar-refractivity contribution in [2.45, 2.75) is 12.5 Å². The summed E-state index contributed by atoms with van der Waals surface area (Å²) in [6.45, 7) is 5.26. The second-order valence-electron chi connectivity index (χ2n) is 5.91. The van der Waals surface area contributed by atoms with E-state index in [2.05, 4.69) is 11.9 Å². The summed E-state index contributed by atoms with van der Waals surface area (Å²) in [5.74, 6) is -0.274. The van der Waals surface area contributed by atoms with Gasteiger partial charge in [-0.2, -0.15) is 0 Å². The minimum atomic E-state index is -1.33. The van der Waals surface area contributed by atoms with E-state index < -0.39 is 5.60 Å². The van der Waals surface area contributed by atoms with Gasteiger partial charge < -0.3 is 14.8 Å². The Kier molecular flexibility index (Phi) is 3.99. The zero-order valence-electron chi connectivity index (χ0n) is 13.3. The van der Waals surface area contributed by atoms with Crippen LogP contribution in [-0.4, -0.2) is 34.9 Å². The molecule has 1 aromatic heterocycles. The number of furan rings is 1. The SMILES string of the molecule is C=C1c2ccccc2C(=O)N1CC(=O)NCC(C)(O)c1ccco1. The van der Waals surface area contributed by atoms with Gasteiger partial charge in [0.25, 0.3) is 5.91 Å². The quantitative estimate of drug-likeness (QED) is 0.876. The molecule has 0 radical (unpaired) electrons. The van der Waals surface area contributed by atoms with E-state index in [4.69, 9.17) is 4.42 Å². The Labute approximate surface area is 139 Å². The third kappa shape index (κ3) is 2.83. The fraction of sp³-hybridized carbons (Fsp3) is 0.222. The molecule has 1 unspecified atom stereocenters. The van der Waals surface area contributed by atoms with Crippen molar-refractivity contribution in [3.8, 4) is 0 Å². The standard InChI is InChI=1S/C18H18N2O4/c1-12-13-6-3-4-7-14(13)17(22)20(12)10-16(21)19-11-18(2,23)15-8-5-9-24-15/h3-9,23H,1,10-11H2,2H3,(H,19,21). The monoisotopic (exact) mass is 326 g/mol. The molecule has 0 bridgehead atoms. The second-order valence-corrected chi connectivity index (χ2v) is 5.91. The van der Waals surface area contributed by atoms with Crippen LogP contribution in [0.15, 0.2) is 53.7 Å². The number of carbonyl (C=O) groups excluding carboxylic acids is 2. The van der Waals surface area contributed by atoms with E-state index in [-0.39, 0.29) is 24.9 Å². The largest absolute Gasteiger partial charge is 0.466 e. The van der Waals surface area contributed by atoms with Gasteiger partial charge in [0, 0.05) is 16.8 Å². The Bertz CT molecular complexity index is 758. The minimum Gasteiger partial charge on any atom is -0.466 e. The summed E-state index contributed by atoms with van der Waals surface area (Å²) in [7, 11) is 0. The van der Waals surface area contributed by atoms with E-state index in [0.717, 1.165) is 5.56 Å². The molecule has 0 aliphatic carbocycles. The summed E-state index contributed by atoms with van der Waals surface area (Å²) >= 11 is 0. The molecule has 1 aliphatic rings. The van der Waals surface area contributed by atoms with E-state index >= 15 is 0 Å². The summed E-state index contributed by atoms with van der Waals surface area (Å²) in [4.78, 5) is 25.9. The highest BCUT2D eigenvalue weighted by Gasteiger charge is 2.33. The van der Waals surface area contributed by atoms with Gasteiger partial charge in [-0.15, -0.1) is 0 Å². The van der Waals surface area contributed by atoms with Crippen LogP contribution >= 0.6 is 0 Å². The Morgan fingerprint density at radius 1 is 1.29 bits per heavy atom. The lowest BCUT2D eigenvalue weighted by molar-refractivity contribution is -0.122. The van der Waals surface area contributed by atoms with Crippen LogP contribution in [0.1, 0.15) is 28.6 Å². The number of nitrogens with one attached hydrogen (secondary N) is 1. The summed E-state index contributed by atoms with van der Waals surface area (Å²) in [5.41, 5.74) is 0.452. The van der Waals surface area contributed by atoms with Crippen LogP contribution in [0.5, 0.6) is 0 Å². The average Bonchev–Trinajstić information content (AvgIpc) is 3.18. The first-order valence-corrected chi connectivity index (χ1v) is 7.53. The number of amides is 2. The molecule has 1 atom stereocenters. The van der Waals surface area contributed by atoms with Gasteiger partial charge in [-0.1, -0.05) is 24.8 Å². The third-order valence-electron chi connectivity index (χ3n) is 4.02. The predicted octanol–water partition coefficient (Wildman–Crippen LogP) is 1.73. The molecule has 1 aliphatic heterocycles. The van der Waals surface area contributed by atoms with Crippen LogP contribution in [0.3, 0.4) is 0 Å². The van der Waals surface area contributed by atoms with Crippen LogP contribution in [0.4, 0.5) is 0 Å². The summed E-state index contributed by atoms with van der Waals surface area (Å²) in [6, 6.07) is 10.4. The minimum absolute atomic E-state index is 0.0270. The van der Waals surface area contributed by atoms with Crippen molar-refractivity contribution in [3.05, 3.63) is 66.1 Å². The molecular weight excluding hydrogens is 308 g/mol. The maximum Gasteiger partial charge on any atom is 0.259 e. The molecule has 2 amide bonds.